The van der Waals surface area contributed by atoms with Gasteiger partial charge in [-0.2, -0.15) is 0 Å². The molecule has 0 amide bonds. The summed E-state index contributed by atoms with van der Waals surface area (Å²) in [5, 5.41) is 22.1. The van der Waals surface area contributed by atoms with Gasteiger partial charge in [0, 0.05) is 23.2 Å². The van der Waals surface area contributed by atoms with Gasteiger partial charge in [-0.3, -0.25) is 9.97 Å². The Balaban J connectivity index is 0.000000151. The molecule has 0 saturated heterocycles. The van der Waals surface area contributed by atoms with Crippen molar-refractivity contribution in [2.45, 2.75) is 0 Å². The molecule has 2 aromatic carbocycles. The first-order chi connectivity index (χ1) is 12.4. The molecular weight excluding hydrogens is 601 g/mol. The van der Waals surface area contributed by atoms with Gasteiger partial charge in [0.25, 0.3) is 0 Å². The van der Waals surface area contributed by atoms with Gasteiger partial charge >= 0.3 is 0 Å². The second-order valence-corrected chi connectivity index (χ2v) is 8.32. The van der Waals surface area contributed by atoms with Crippen LogP contribution >= 0.6 is 68.4 Å². The van der Waals surface area contributed by atoms with Crippen LogP contribution in [0.15, 0.2) is 48.8 Å². The molecule has 0 aliphatic carbocycles. The van der Waals surface area contributed by atoms with Gasteiger partial charge in [0.1, 0.15) is 11.0 Å². The second-order valence-electron chi connectivity index (χ2n) is 5.18. The number of fused-ring (bicyclic) bond motifs is 2. The van der Waals surface area contributed by atoms with E-state index in [-0.39, 0.29) is 11.5 Å². The van der Waals surface area contributed by atoms with E-state index in [1.54, 1.807) is 36.7 Å². The maximum Gasteiger partial charge on any atom is 0.155 e. The van der Waals surface area contributed by atoms with Crippen LogP contribution in [-0.2, 0) is 0 Å². The number of hydrogen-bond acceptors (Lipinski definition) is 4. The number of pyridine rings is 2. The third kappa shape index (κ3) is 3.92. The number of benzene rings is 2. The first-order valence-electron chi connectivity index (χ1n) is 7.23. The van der Waals surface area contributed by atoms with Crippen molar-refractivity contribution in [3.63, 3.8) is 0 Å². The molecule has 4 aromatic rings. The number of aromatic nitrogens is 2. The Morgan fingerprint density at radius 2 is 1.12 bits per heavy atom. The first-order valence-corrected chi connectivity index (χ1v) is 10.1. The first kappa shape index (κ1) is 19.7. The summed E-state index contributed by atoms with van der Waals surface area (Å²) in [6.45, 7) is 0. The van der Waals surface area contributed by atoms with Gasteiger partial charge in [0.15, 0.2) is 11.5 Å². The Morgan fingerprint density at radius 1 is 0.731 bits per heavy atom. The average Bonchev–Trinajstić information content (AvgIpc) is 2.65. The van der Waals surface area contributed by atoms with Gasteiger partial charge in [-0.1, -0.05) is 23.2 Å². The molecule has 0 atom stereocenters. The van der Waals surface area contributed by atoms with Crippen molar-refractivity contribution in [1.29, 1.82) is 0 Å². The molecule has 2 N–H and O–H groups in total. The molecular formula is C18H10Cl2I2N2O2. The van der Waals surface area contributed by atoms with Gasteiger partial charge in [-0.25, -0.2) is 0 Å². The topological polar surface area (TPSA) is 66.2 Å². The number of rotatable bonds is 0. The van der Waals surface area contributed by atoms with Crippen molar-refractivity contribution in [2.24, 2.45) is 0 Å². The highest BCUT2D eigenvalue weighted by Crippen LogP contribution is 2.34. The lowest BCUT2D eigenvalue weighted by molar-refractivity contribution is 0.476. The van der Waals surface area contributed by atoms with Crippen molar-refractivity contribution >= 4 is 90.2 Å². The zero-order chi connectivity index (χ0) is 18.8. The minimum atomic E-state index is 0.195. The maximum atomic E-state index is 9.65. The normalized spacial score (nSPS) is 10.6. The predicted molar refractivity (Wildman–Crippen MR) is 122 cm³/mol. The van der Waals surface area contributed by atoms with Crippen molar-refractivity contribution < 1.29 is 10.2 Å². The Labute approximate surface area is 186 Å². The molecule has 0 aliphatic heterocycles. The molecule has 2 heterocycles. The van der Waals surface area contributed by atoms with Crippen molar-refractivity contribution in [1.82, 2.24) is 9.97 Å². The summed E-state index contributed by atoms with van der Waals surface area (Å²) in [4.78, 5) is 8.13. The highest BCUT2D eigenvalue weighted by Gasteiger charge is 2.09. The summed E-state index contributed by atoms with van der Waals surface area (Å²) in [6.07, 6.45) is 3.27. The molecule has 0 bridgehead atoms. The van der Waals surface area contributed by atoms with Gasteiger partial charge in [0.05, 0.1) is 17.2 Å². The number of aromatic hydroxyl groups is 2. The average molecular weight is 611 g/mol. The smallest absolute Gasteiger partial charge is 0.155 e. The minimum absolute atomic E-state index is 0.195. The molecule has 0 unspecified atom stereocenters. The van der Waals surface area contributed by atoms with E-state index in [0.29, 0.717) is 28.2 Å². The number of nitrogens with zero attached hydrogens (tertiary/aromatic N) is 2. The summed E-state index contributed by atoms with van der Waals surface area (Å²) >= 11 is 16.0. The van der Waals surface area contributed by atoms with E-state index in [9.17, 15) is 10.2 Å². The summed E-state index contributed by atoms with van der Waals surface area (Å²) in [6, 6.07) is 10.7. The minimum Gasteiger partial charge on any atom is -0.505 e. The number of phenolic OH excluding ortho intramolecular Hbond substituents is 2. The Kier molecular flexibility index (Phi) is 6.26. The standard InChI is InChI=1S/2C9H5ClINO/c2*10-6-4-7(11)9(13)8-5(6)2-1-3-12-8/h2*1-4,13H. The summed E-state index contributed by atoms with van der Waals surface area (Å²) < 4.78 is 1.43. The van der Waals surface area contributed by atoms with E-state index in [0.717, 1.165) is 10.8 Å². The lowest BCUT2D eigenvalue weighted by atomic mass is 10.2. The van der Waals surface area contributed by atoms with E-state index in [4.69, 9.17) is 23.2 Å². The Hall–Kier alpha value is -1.10. The molecule has 4 nitrogen and oxygen atoms in total. The second kappa shape index (κ2) is 8.28. The third-order valence-corrected chi connectivity index (χ3v) is 5.81. The van der Waals surface area contributed by atoms with Crippen LogP contribution < -0.4 is 0 Å². The largest absolute Gasteiger partial charge is 0.505 e. The third-order valence-electron chi connectivity index (χ3n) is 3.54. The molecule has 0 aliphatic rings. The summed E-state index contributed by atoms with van der Waals surface area (Å²) in [5.74, 6) is 0.390. The van der Waals surface area contributed by atoms with Crippen LogP contribution in [0.25, 0.3) is 21.8 Å². The highest BCUT2D eigenvalue weighted by atomic mass is 127. The molecule has 0 radical (unpaired) electrons. The highest BCUT2D eigenvalue weighted by molar-refractivity contribution is 14.1. The van der Waals surface area contributed by atoms with Gasteiger partial charge < -0.3 is 10.2 Å². The fourth-order valence-electron chi connectivity index (χ4n) is 2.31. The van der Waals surface area contributed by atoms with E-state index < -0.39 is 0 Å². The van der Waals surface area contributed by atoms with Crippen LogP contribution in [0.4, 0.5) is 0 Å². The molecule has 4 rings (SSSR count). The molecule has 0 saturated carbocycles. The fourth-order valence-corrected chi connectivity index (χ4v) is 4.34. The van der Waals surface area contributed by atoms with Crippen LogP contribution in [0.2, 0.25) is 10.0 Å². The lowest BCUT2D eigenvalue weighted by Crippen LogP contribution is -1.83. The van der Waals surface area contributed by atoms with Gasteiger partial charge in [-0.05, 0) is 81.6 Å². The Morgan fingerprint density at radius 3 is 1.50 bits per heavy atom. The number of halogens is 4. The van der Waals surface area contributed by atoms with Crippen LogP contribution in [0.5, 0.6) is 11.5 Å². The van der Waals surface area contributed by atoms with Crippen LogP contribution in [-0.4, -0.2) is 20.2 Å². The zero-order valence-corrected chi connectivity index (χ0v) is 18.7. The van der Waals surface area contributed by atoms with Crippen LogP contribution in [0, 0.1) is 7.14 Å². The molecule has 0 spiro atoms. The molecule has 8 heteroatoms. The zero-order valence-electron chi connectivity index (χ0n) is 12.9. The van der Waals surface area contributed by atoms with Gasteiger partial charge in [0.2, 0.25) is 0 Å². The van der Waals surface area contributed by atoms with Crippen LogP contribution in [0.1, 0.15) is 0 Å². The monoisotopic (exact) mass is 610 g/mol. The SMILES string of the molecule is Oc1c(I)cc(Cl)c2cccnc12.Oc1c(I)cc(Cl)c2cccnc12. The van der Waals surface area contributed by atoms with E-state index >= 15 is 0 Å². The Bertz CT molecular complexity index is 1030. The molecule has 26 heavy (non-hydrogen) atoms. The predicted octanol–water partition coefficient (Wildman–Crippen LogP) is 6.40. The fraction of sp³-hybridized carbons (Fsp3) is 0. The molecule has 132 valence electrons. The maximum absolute atomic E-state index is 9.65. The van der Waals surface area contributed by atoms with E-state index in [2.05, 4.69) is 9.97 Å². The quantitative estimate of drug-likeness (QED) is 0.226. The van der Waals surface area contributed by atoms with Crippen molar-refractivity contribution in [3.05, 3.63) is 66.0 Å². The lowest BCUT2D eigenvalue weighted by Gasteiger charge is -2.03. The van der Waals surface area contributed by atoms with Crippen LogP contribution in [0.3, 0.4) is 0 Å². The van der Waals surface area contributed by atoms with Crippen molar-refractivity contribution in [3.8, 4) is 11.5 Å². The van der Waals surface area contributed by atoms with Crippen molar-refractivity contribution in [2.75, 3.05) is 0 Å². The molecule has 0 fully saturated rings. The summed E-state index contributed by atoms with van der Waals surface area (Å²) in [7, 11) is 0. The van der Waals surface area contributed by atoms with E-state index in [1.807, 2.05) is 57.3 Å². The van der Waals surface area contributed by atoms with Gasteiger partial charge in [-0.15, -0.1) is 0 Å². The number of phenols is 2. The number of hydrogen-bond donors (Lipinski definition) is 2. The van der Waals surface area contributed by atoms with E-state index in [1.165, 1.54) is 0 Å². The summed E-state index contributed by atoms with van der Waals surface area (Å²) in [5.41, 5.74) is 1.11. The molecule has 2 aromatic heterocycles.